The first-order chi connectivity index (χ1) is 17.4. The van der Waals surface area contributed by atoms with Crippen LogP contribution in [0.1, 0.15) is 23.0 Å². The zero-order valence-corrected chi connectivity index (χ0v) is 20.2. The zero-order chi connectivity index (χ0) is 25.8. The third-order valence-corrected chi connectivity index (χ3v) is 6.43. The first-order valence-electron chi connectivity index (χ1n) is 10.9. The molecule has 2 aromatic carbocycles. The van der Waals surface area contributed by atoms with Gasteiger partial charge in [0.05, 0.1) is 23.9 Å². The van der Waals surface area contributed by atoms with Gasteiger partial charge < -0.3 is 19.7 Å². The van der Waals surface area contributed by atoms with Crippen LogP contribution in [0.25, 0.3) is 22.2 Å². The molecule has 4 rings (SSSR count). The number of hydrogen-bond acceptors (Lipinski definition) is 7. The van der Waals surface area contributed by atoms with Crippen molar-refractivity contribution >= 4 is 34.5 Å². The van der Waals surface area contributed by atoms with Gasteiger partial charge in [-0.05, 0) is 24.0 Å². The number of carbonyl (C=O) groups is 1. The first kappa shape index (κ1) is 24.9. The second-order valence-electron chi connectivity index (χ2n) is 7.59. The van der Waals surface area contributed by atoms with Crippen LogP contribution in [0.4, 0.5) is 14.6 Å². The Hall–Kier alpha value is -4.17. The molecule has 0 spiro atoms. The van der Waals surface area contributed by atoms with Crippen LogP contribution >= 0.6 is 11.8 Å². The molecule has 2 aromatic heterocycles. The highest BCUT2D eigenvalue weighted by molar-refractivity contribution is 7.99. The molecule has 0 aliphatic carbocycles. The topological polar surface area (TPSA) is 113 Å². The number of carboxylic acid groups (broad SMARTS) is 1. The number of nitrogens with one attached hydrogen (secondary N) is 1. The Labute approximate surface area is 209 Å². The van der Waals surface area contributed by atoms with E-state index in [2.05, 4.69) is 15.3 Å². The van der Waals surface area contributed by atoms with Crippen molar-refractivity contribution in [3.05, 3.63) is 65.6 Å². The number of carboxylic acids is 1. The van der Waals surface area contributed by atoms with Crippen LogP contribution < -0.4 is 10.1 Å². The molecule has 4 aromatic rings. The quantitative estimate of drug-likeness (QED) is 0.297. The molecule has 36 heavy (non-hydrogen) atoms. The summed E-state index contributed by atoms with van der Waals surface area (Å²) in [4.78, 5) is 20.6. The fraction of sp³-hybridized carbons (Fsp3) is 0.200. The molecule has 0 radical (unpaired) electrons. The molecule has 2 heterocycles. The molecule has 0 unspecified atom stereocenters. The minimum atomic E-state index is -1.06. The van der Waals surface area contributed by atoms with E-state index < -0.39 is 17.6 Å². The summed E-state index contributed by atoms with van der Waals surface area (Å²) in [5.41, 5.74) is 1.66. The van der Waals surface area contributed by atoms with Crippen molar-refractivity contribution in [2.45, 2.75) is 18.4 Å². The smallest absolute Gasteiger partial charge is 0.336 e. The number of anilines is 1. The average molecular weight is 510 g/mol. The van der Waals surface area contributed by atoms with Gasteiger partial charge in [0.2, 0.25) is 0 Å². The molecule has 2 N–H and O–H groups in total. The van der Waals surface area contributed by atoms with Crippen LogP contribution in [0.2, 0.25) is 0 Å². The van der Waals surface area contributed by atoms with E-state index in [1.165, 1.54) is 35.8 Å². The Morgan fingerprint density at radius 1 is 1.25 bits per heavy atom. The number of benzene rings is 2. The van der Waals surface area contributed by atoms with Gasteiger partial charge in [0.15, 0.2) is 11.6 Å². The Bertz CT molecular complexity index is 1500. The van der Waals surface area contributed by atoms with Gasteiger partial charge in [0.25, 0.3) is 0 Å². The molecule has 0 atom stereocenters. The molecule has 11 heteroatoms. The molecule has 0 saturated carbocycles. The van der Waals surface area contributed by atoms with Gasteiger partial charge >= 0.3 is 5.97 Å². The summed E-state index contributed by atoms with van der Waals surface area (Å²) in [5.74, 6) is -1.78. The van der Waals surface area contributed by atoms with Gasteiger partial charge in [-0.15, -0.1) is 11.8 Å². The highest BCUT2D eigenvalue weighted by atomic mass is 32.2. The SMILES string of the molecule is CCSc1cc(-c2cc(NCCn3c(C#N)cc4c(OC)cc(F)c(F)c43)ncn2)ccc1C(=O)O. The Balaban J connectivity index is 1.58. The van der Waals surface area contributed by atoms with Gasteiger partial charge in [0.1, 0.15) is 29.7 Å². The van der Waals surface area contributed by atoms with Crippen LogP contribution in [-0.2, 0) is 6.54 Å². The number of nitrogens with zero attached hydrogens (tertiary/aromatic N) is 4. The lowest BCUT2D eigenvalue weighted by atomic mass is 10.1. The molecule has 0 bridgehead atoms. The first-order valence-corrected chi connectivity index (χ1v) is 11.9. The molecule has 0 saturated heterocycles. The summed E-state index contributed by atoms with van der Waals surface area (Å²) >= 11 is 1.43. The fourth-order valence-electron chi connectivity index (χ4n) is 3.88. The Kier molecular flexibility index (Phi) is 7.36. The molecular formula is C25H21F2N5O3S. The van der Waals surface area contributed by atoms with Crippen molar-refractivity contribution in [2.75, 3.05) is 24.7 Å². The highest BCUT2D eigenvalue weighted by Gasteiger charge is 2.20. The van der Waals surface area contributed by atoms with Crippen molar-refractivity contribution in [3.8, 4) is 23.1 Å². The van der Waals surface area contributed by atoms with E-state index in [0.717, 1.165) is 17.4 Å². The van der Waals surface area contributed by atoms with Crippen LogP contribution in [-0.4, -0.2) is 45.0 Å². The predicted molar refractivity (Wildman–Crippen MR) is 132 cm³/mol. The second-order valence-corrected chi connectivity index (χ2v) is 8.90. The van der Waals surface area contributed by atoms with E-state index in [1.807, 2.05) is 13.0 Å². The number of halogens is 2. The summed E-state index contributed by atoms with van der Waals surface area (Å²) < 4.78 is 35.3. The summed E-state index contributed by atoms with van der Waals surface area (Å²) in [7, 11) is 1.35. The molecule has 0 aliphatic heterocycles. The van der Waals surface area contributed by atoms with Crippen LogP contribution in [0.15, 0.2) is 47.6 Å². The van der Waals surface area contributed by atoms with Crippen LogP contribution in [0, 0.1) is 23.0 Å². The van der Waals surface area contributed by atoms with Gasteiger partial charge in [-0.25, -0.2) is 23.5 Å². The van der Waals surface area contributed by atoms with Crippen molar-refractivity contribution in [2.24, 2.45) is 0 Å². The minimum Gasteiger partial charge on any atom is -0.496 e. The molecule has 0 fully saturated rings. The van der Waals surface area contributed by atoms with Crippen molar-refractivity contribution < 1.29 is 23.4 Å². The van der Waals surface area contributed by atoms with Crippen LogP contribution in [0.5, 0.6) is 5.75 Å². The van der Waals surface area contributed by atoms with E-state index in [4.69, 9.17) is 4.74 Å². The number of aromatic nitrogens is 3. The number of ether oxygens (including phenoxy) is 1. The summed E-state index contributed by atoms with van der Waals surface area (Å²) in [6.45, 7) is 2.35. The van der Waals surface area contributed by atoms with Crippen molar-refractivity contribution in [3.63, 3.8) is 0 Å². The van der Waals surface area contributed by atoms with Gasteiger partial charge in [-0.3, -0.25) is 0 Å². The van der Waals surface area contributed by atoms with E-state index in [1.54, 1.807) is 24.3 Å². The molecule has 8 nitrogen and oxygen atoms in total. The monoisotopic (exact) mass is 509 g/mol. The number of hydrogen-bond donors (Lipinski definition) is 2. The predicted octanol–water partition coefficient (Wildman–Crippen LogP) is 5.18. The van der Waals surface area contributed by atoms with E-state index in [9.17, 15) is 23.9 Å². The summed E-state index contributed by atoms with van der Waals surface area (Å²) in [6, 6.07) is 11.2. The number of fused-ring (bicyclic) bond motifs is 1. The fourth-order valence-corrected chi connectivity index (χ4v) is 4.71. The normalized spacial score (nSPS) is 10.9. The van der Waals surface area contributed by atoms with Gasteiger partial charge in [-0.1, -0.05) is 13.0 Å². The summed E-state index contributed by atoms with van der Waals surface area (Å²) in [5, 5.41) is 22.4. The third-order valence-electron chi connectivity index (χ3n) is 5.49. The maximum absolute atomic E-state index is 14.6. The lowest BCUT2D eigenvalue weighted by Crippen LogP contribution is -2.13. The molecule has 0 aliphatic rings. The standard InChI is InChI=1S/C25H21F2N5O3S/c1-3-36-21-8-14(4-5-16(21)25(33)34)19-11-22(31-13-30-19)29-6-7-32-15(12-28)9-17-20(35-2)10-18(26)23(27)24(17)32/h4-5,8-11,13H,3,6-7H2,1-2H3,(H,33,34)(H,29,30,31). The van der Waals surface area contributed by atoms with E-state index in [0.29, 0.717) is 21.8 Å². The number of thioether (sulfide) groups is 1. The third kappa shape index (κ3) is 4.81. The maximum Gasteiger partial charge on any atom is 0.336 e. The zero-order valence-electron chi connectivity index (χ0n) is 19.4. The van der Waals surface area contributed by atoms with E-state index >= 15 is 0 Å². The average Bonchev–Trinajstić information content (AvgIpc) is 3.25. The lowest BCUT2D eigenvalue weighted by molar-refractivity contribution is 0.0693. The number of aromatic carboxylic acids is 1. The molecule has 0 amide bonds. The van der Waals surface area contributed by atoms with Crippen molar-refractivity contribution in [1.29, 1.82) is 5.26 Å². The maximum atomic E-state index is 14.6. The number of nitriles is 1. The minimum absolute atomic E-state index is 0.0481. The lowest BCUT2D eigenvalue weighted by Gasteiger charge is -2.12. The Morgan fingerprint density at radius 2 is 2.06 bits per heavy atom. The van der Waals surface area contributed by atoms with Crippen molar-refractivity contribution in [1.82, 2.24) is 14.5 Å². The van der Waals surface area contributed by atoms with Crippen LogP contribution in [0.3, 0.4) is 0 Å². The van der Waals surface area contributed by atoms with Gasteiger partial charge in [0, 0.05) is 41.1 Å². The highest BCUT2D eigenvalue weighted by Crippen LogP contribution is 2.33. The molecule has 184 valence electrons. The largest absolute Gasteiger partial charge is 0.496 e. The van der Waals surface area contributed by atoms with E-state index in [-0.39, 0.29) is 35.6 Å². The summed E-state index contributed by atoms with van der Waals surface area (Å²) in [6.07, 6.45) is 1.38. The Morgan fingerprint density at radius 3 is 2.75 bits per heavy atom. The molecular weight excluding hydrogens is 488 g/mol. The number of methoxy groups -OCH3 is 1. The van der Waals surface area contributed by atoms with Gasteiger partial charge in [-0.2, -0.15) is 5.26 Å². The number of rotatable bonds is 9. The second kappa shape index (κ2) is 10.6.